The van der Waals surface area contributed by atoms with Crippen LogP contribution in [-0.2, 0) is 23.7 Å². The van der Waals surface area contributed by atoms with Gasteiger partial charge in [0.25, 0.3) is 0 Å². The van der Waals surface area contributed by atoms with Crippen LogP contribution in [0.1, 0.15) is 33.1 Å². The molecular formula is C21H41N5O8. The Morgan fingerprint density at radius 3 is 2.29 bits per heavy atom. The van der Waals surface area contributed by atoms with Gasteiger partial charge in [-0.3, -0.25) is 4.79 Å². The quantitative estimate of drug-likeness (QED) is 0.172. The van der Waals surface area contributed by atoms with Crippen molar-refractivity contribution in [3.63, 3.8) is 0 Å². The first-order chi connectivity index (χ1) is 16.0. The van der Waals surface area contributed by atoms with Gasteiger partial charge in [-0.25, -0.2) is 0 Å². The predicted octanol–water partition coefficient (Wildman–Crippen LogP) is -3.80. The lowest BCUT2D eigenvalue weighted by Crippen LogP contribution is -2.68. The molecule has 1 amide bonds. The average molecular weight is 492 g/mol. The van der Waals surface area contributed by atoms with Gasteiger partial charge in [0.1, 0.15) is 30.0 Å². The van der Waals surface area contributed by atoms with Crippen LogP contribution in [0.2, 0.25) is 0 Å². The van der Waals surface area contributed by atoms with Crippen molar-refractivity contribution in [2.24, 2.45) is 17.2 Å². The molecule has 3 fully saturated rings. The molecule has 3 rings (SSSR count). The van der Waals surface area contributed by atoms with Crippen molar-refractivity contribution in [2.75, 3.05) is 20.2 Å². The first kappa shape index (κ1) is 27.6. The van der Waals surface area contributed by atoms with Gasteiger partial charge in [0.15, 0.2) is 12.6 Å². The molecular weight excluding hydrogens is 450 g/mol. The summed E-state index contributed by atoms with van der Waals surface area (Å²) in [6.45, 7) is 3.14. The van der Waals surface area contributed by atoms with Crippen molar-refractivity contribution in [1.29, 1.82) is 0 Å². The molecule has 12 atom stereocenters. The van der Waals surface area contributed by atoms with Crippen LogP contribution >= 0.6 is 0 Å². The summed E-state index contributed by atoms with van der Waals surface area (Å²) in [5, 5.41) is 38.0. The number of rotatable bonds is 7. The van der Waals surface area contributed by atoms with E-state index in [1.807, 2.05) is 0 Å². The fourth-order valence-corrected chi connectivity index (χ4v) is 5.07. The number of nitrogens with one attached hydrogen (secondary N) is 2. The SMILES string of the molecule is CN[C@@H]1[C@@H](O)[C@@H](O[C@@H]2[C@@H](O)[C@H](O[C@H]3O[C@H](CN)CC[C@H]3NC(C)=O)[C@@H](N)C[C@H]2N)OC[C@]1(C)O. The molecule has 13 heteroatoms. The number of likely N-dealkylation sites (N-methyl/N-ethyl adjacent to an activating group) is 1. The van der Waals surface area contributed by atoms with Crippen molar-refractivity contribution in [3.05, 3.63) is 0 Å². The Labute approximate surface area is 199 Å². The Bertz CT molecular complexity index is 688. The van der Waals surface area contributed by atoms with Gasteiger partial charge in [0.2, 0.25) is 5.91 Å². The second-order valence-corrected chi connectivity index (χ2v) is 9.80. The fourth-order valence-electron chi connectivity index (χ4n) is 5.07. The Morgan fingerprint density at radius 2 is 1.74 bits per heavy atom. The van der Waals surface area contributed by atoms with Crippen molar-refractivity contribution in [1.82, 2.24) is 10.6 Å². The highest BCUT2D eigenvalue weighted by Gasteiger charge is 2.51. The molecule has 13 nitrogen and oxygen atoms in total. The molecule has 11 N–H and O–H groups in total. The molecule has 3 aliphatic rings. The number of carbonyl (C=O) groups excluding carboxylic acids is 1. The number of nitrogens with two attached hydrogens (primary N) is 3. The van der Waals surface area contributed by atoms with E-state index >= 15 is 0 Å². The van der Waals surface area contributed by atoms with Crippen molar-refractivity contribution in [2.45, 2.75) is 106 Å². The van der Waals surface area contributed by atoms with E-state index in [9.17, 15) is 20.1 Å². The molecule has 0 unspecified atom stereocenters. The van der Waals surface area contributed by atoms with Crippen LogP contribution in [0.15, 0.2) is 0 Å². The van der Waals surface area contributed by atoms with E-state index in [1.54, 1.807) is 14.0 Å². The highest BCUT2D eigenvalue weighted by Crippen LogP contribution is 2.31. The summed E-state index contributed by atoms with van der Waals surface area (Å²) in [4.78, 5) is 11.7. The van der Waals surface area contributed by atoms with E-state index in [2.05, 4.69) is 10.6 Å². The molecule has 2 aliphatic heterocycles. The minimum Gasteiger partial charge on any atom is -0.388 e. The number of hydrogen-bond acceptors (Lipinski definition) is 12. The first-order valence-corrected chi connectivity index (χ1v) is 11.8. The Kier molecular flexibility index (Phi) is 9.25. The van der Waals surface area contributed by atoms with Crippen LogP contribution in [0.4, 0.5) is 0 Å². The molecule has 0 aromatic carbocycles. The minimum absolute atomic E-state index is 0.0908. The maximum absolute atomic E-state index is 11.7. The maximum atomic E-state index is 11.7. The molecule has 2 heterocycles. The third kappa shape index (κ3) is 6.05. The second kappa shape index (κ2) is 11.4. The van der Waals surface area contributed by atoms with E-state index < -0.39 is 66.8 Å². The highest BCUT2D eigenvalue weighted by atomic mass is 16.7. The van der Waals surface area contributed by atoms with Crippen LogP contribution in [-0.4, -0.2) is 114 Å². The van der Waals surface area contributed by atoms with Gasteiger partial charge < -0.3 is 62.1 Å². The molecule has 1 aliphatic carbocycles. The summed E-state index contributed by atoms with van der Waals surface area (Å²) in [7, 11) is 1.61. The molecule has 0 bridgehead atoms. The van der Waals surface area contributed by atoms with E-state index in [4.69, 9.17) is 36.1 Å². The summed E-state index contributed by atoms with van der Waals surface area (Å²) < 4.78 is 23.5. The topological polar surface area (TPSA) is 217 Å². The largest absolute Gasteiger partial charge is 0.388 e. The summed E-state index contributed by atoms with van der Waals surface area (Å²) in [5.41, 5.74) is 17.0. The zero-order valence-corrected chi connectivity index (χ0v) is 20.0. The first-order valence-electron chi connectivity index (χ1n) is 11.8. The molecule has 198 valence electrons. The molecule has 34 heavy (non-hydrogen) atoms. The number of amides is 1. The smallest absolute Gasteiger partial charge is 0.217 e. The van der Waals surface area contributed by atoms with E-state index in [0.29, 0.717) is 12.8 Å². The zero-order valence-electron chi connectivity index (χ0n) is 20.0. The minimum atomic E-state index is -1.31. The summed E-state index contributed by atoms with van der Waals surface area (Å²) in [6, 6.07) is -2.45. The highest BCUT2D eigenvalue weighted by molar-refractivity contribution is 5.73. The fraction of sp³-hybridized carbons (Fsp3) is 0.952. The molecule has 1 saturated carbocycles. The lowest BCUT2D eigenvalue weighted by Gasteiger charge is -2.48. The van der Waals surface area contributed by atoms with Gasteiger partial charge in [-0.2, -0.15) is 0 Å². The van der Waals surface area contributed by atoms with E-state index in [1.165, 1.54) is 6.92 Å². The van der Waals surface area contributed by atoms with Crippen molar-refractivity contribution < 1.29 is 39.1 Å². The summed E-state index contributed by atoms with van der Waals surface area (Å²) >= 11 is 0. The maximum Gasteiger partial charge on any atom is 0.217 e. The van der Waals surface area contributed by atoms with Crippen LogP contribution < -0.4 is 27.8 Å². The Balaban J connectivity index is 1.72. The summed E-state index contributed by atoms with van der Waals surface area (Å²) in [5.74, 6) is -0.233. The normalized spacial score (nSPS) is 47.9. The number of carbonyl (C=O) groups is 1. The number of hydrogen-bond donors (Lipinski definition) is 8. The van der Waals surface area contributed by atoms with Gasteiger partial charge >= 0.3 is 0 Å². The van der Waals surface area contributed by atoms with Gasteiger partial charge in [-0.1, -0.05) is 0 Å². The second-order valence-electron chi connectivity index (χ2n) is 9.80. The number of aliphatic hydroxyl groups excluding tert-OH is 2. The number of ether oxygens (including phenoxy) is 4. The van der Waals surface area contributed by atoms with E-state index in [-0.39, 0.29) is 31.6 Å². The van der Waals surface area contributed by atoms with E-state index in [0.717, 1.165) is 0 Å². The van der Waals surface area contributed by atoms with Crippen LogP contribution in [0.5, 0.6) is 0 Å². The molecule has 0 aromatic heterocycles. The van der Waals surface area contributed by atoms with Crippen molar-refractivity contribution in [3.8, 4) is 0 Å². The Hall–Kier alpha value is -0.970. The molecule has 0 aromatic rings. The van der Waals surface area contributed by atoms with Crippen molar-refractivity contribution >= 4 is 5.91 Å². The number of aliphatic hydroxyl groups is 3. The van der Waals surface area contributed by atoms with Gasteiger partial charge in [0.05, 0.1) is 24.8 Å². The molecule has 2 saturated heterocycles. The molecule has 0 spiro atoms. The predicted molar refractivity (Wildman–Crippen MR) is 120 cm³/mol. The third-order valence-corrected chi connectivity index (χ3v) is 6.89. The van der Waals surface area contributed by atoms with Crippen LogP contribution in [0.25, 0.3) is 0 Å². The monoisotopic (exact) mass is 491 g/mol. The third-order valence-electron chi connectivity index (χ3n) is 6.89. The van der Waals surface area contributed by atoms with Gasteiger partial charge in [0, 0.05) is 25.6 Å². The zero-order chi connectivity index (χ0) is 25.2. The lowest BCUT2D eigenvalue weighted by molar-refractivity contribution is -0.307. The standard InChI is InChI=1S/C21H41N5O8/c1-9(27)26-13-5-4-10(7-22)32-19(13)33-16-11(23)6-12(24)17(14(16)28)34-20-15(29)18(25-3)21(2,30)8-31-20/h10-20,25,28-30H,4-8,22-24H2,1-3H3,(H,26,27)/t10-,11-,12+,13+,14-,15+,16+,17-,18+,19+,20+,21-/m0/s1. The van der Waals surface area contributed by atoms with Gasteiger partial charge in [-0.15, -0.1) is 0 Å². The average Bonchev–Trinajstić information content (AvgIpc) is 2.76. The Morgan fingerprint density at radius 1 is 1.12 bits per heavy atom. The molecule has 0 radical (unpaired) electrons. The summed E-state index contributed by atoms with van der Waals surface area (Å²) in [6.07, 6.45) is -5.14. The van der Waals surface area contributed by atoms with Crippen LogP contribution in [0.3, 0.4) is 0 Å². The van der Waals surface area contributed by atoms with Gasteiger partial charge in [-0.05, 0) is 33.2 Å². The van der Waals surface area contributed by atoms with Crippen LogP contribution in [0, 0.1) is 0 Å². The lowest BCUT2D eigenvalue weighted by atomic mass is 9.84.